The SMILES string of the molecule is COc1ccc(OCC(=O)Nc2nc3ccccc3n2Cc2ccccc2)cc1. The van der Waals surface area contributed by atoms with E-state index in [0.29, 0.717) is 18.2 Å². The molecule has 6 nitrogen and oxygen atoms in total. The second-order valence-electron chi connectivity index (χ2n) is 6.51. The summed E-state index contributed by atoms with van der Waals surface area (Å²) >= 11 is 0. The van der Waals surface area contributed by atoms with E-state index in [1.807, 2.05) is 59.2 Å². The number of carbonyl (C=O) groups is 1. The highest BCUT2D eigenvalue weighted by atomic mass is 16.5. The van der Waals surface area contributed by atoms with Gasteiger partial charge >= 0.3 is 0 Å². The molecule has 0 aliphatic carbocycles. The molecular weight excluding hydrogens is 366 g/mol. The van der Waals surface area contributed by atoms with Crippen LogP contribution in [0.5, 0.6) is 11.5 Å². The Kier molecular flexibility index (Phi) is 5.42. The zero-order valence-electron chi connectivity index (χ0n) is 16.0. The van der Waals surface area contributed by atoms with Gasteiger partial charge in [-0.05, 0) is 42.0 Å². The molecule has 1 heterocycles. The number of carbonyl (C=O) groups excluding carboxylic acids is 1. The van der Waals surface area contributed by atoms with Gasteiger partial charge in [0.1, 0.15) is 11.5 Å². The minimum atomic E-state index is -0.273. The van der Waals surface area contributed by atoms with Gasteiger partial charge in [-0.25, -0.2) is 4.98 Å². The molecule has 3 aromatic carbocycles. The van der Waals surface area contributed by atoms with Crippen molar-refractivity contribution in [3.05, 3.63) is 84.4 Å². The van der Waals surface area contributed by atoms with Crippen LogP contribution in [0.3, 0.4) is 0 Å². The lowest BCUT2D eigenvalue weighted by Gasteiger charge is -2.11. The third kappa shape index (κ3) is 4.38. The van der Waals surface area contributed by atoms with E-state index in [1.165, 1.54) is 0 Å². The maximum Gasteiger partial charge on any atom is 0.264 e. The molecule has 29 heavy (non-hydrogen) atoms. The number of nitrogens with zero attached hydrogens (tertiary/aromatic N) is 2. The molecule has 0 radical (unpaired) electrons. The highest BCUT2D eigenvalue weighted by molar-refractivity contribution is 5.92. The molecule has 4 aromatic rings. The Morgan fingerprint density at radius 2 is 1.62 bits per heavy atom. The number of hydrogen-bond donors (Lipinski definition) is 1. The van der Waals surface area contributed by atoms with E-state index in [4.69, 9.17) is 9.47 Å². The number of rotatable bonds is 7. The van der Waals surface area contributed by atoms with Gasteiger partial charge in [0.25, 0.3) is 5.91 Å². The number of anilines is 1. The number of para-hydroxylation sites is 2. The van der Waals surface area contributed by atoms with Crippen molar-refractivity contribution in [1.82, 2.24) is 9.55 Å². The first-order valence-corrected chi connectivity index (χ1v) is 9.29. The first kappa shape index (κ1) is 18.6. The quantitative estimate of drug-likeness (QED) is 0.518. The fourth-order valence-electron chi connectivity index (χ4n) is 3.08. The van der Waals surface area contributed by atoms with Crippen LogP contribution in [0.25, 0.3) is 11.0 Å². The molecule has 146 valence electrons. The van der Waals surface area contributed by atoms with Crippen molar-refractivity contribution < 1.29 is 14.3 Å². The average molecular weight is 387 g/mol. The van der Waals surface area contributed by atoms with Gasteiger partial charge < -0.3 is 14.0 Å². The summed E-state index contributed by atoms with van der Waals surface area (Å²) in [6.07, 6.45) is 0. The molecule has 4 rings (SSSR count). The van der Waals surface area contributed by atoms with Gasteiger partial charge in [0, 0.05) is 0 Å². The average Bonchev–Trinajstić information content (AvgIpc) is 3.10. The highest BCUT2D eigenvalue weighted by Gasteiger charge is 2.14. The first-order chi connectivity index (χ1) is 14.2. The molecule has 0 aliphatic heterocycles. The van der Waals surface area contributed by atoms with Gasteiger partial charge in [0.2, 0.25) is 5.95 Å². The van der Waals surface area contributed by atoms with Gasteiger partial charge in [-0.2, -0.15) is 0 Å². The molecule has 0 fully saturated rings. The van der Waals surface area contributed by atoms with Crippen LogP contribution < -0.4 is 14.8 Å². The number of nitrogens with one attached hydrogen (secondary N) is 1. The van der Waals surface area contributed by atoms with Gasteiger partial charge in [-0.1, -0.05) is 42.5 Å². The summed E-state index contributed by atoms with van der Waals surface area (Å²) in [7, 11) is 1.60. The van der Waals surface area contributed by atoms with Gasteiger partial charge in [-0.3, -0.25) is 10.1 Å². The molecule has 1 amide bonds. The van der Waals surface area contributed by atoms with Crippen molar-refractivity contribution in [2.45, 2.75) is 6.54 Å². The summed E-state index contributed by atoms with van der Waals surface area (Å²) in [6.45, 7) is 0.497. The molecule has 0 atom stereocenters. The van der Waals surface area contributed by atoms with E-state index in [-0.39, 0.29) is 12.5 Å². The number of methoxy groups -OCH3 is 1. The van der Waals surface area contributed by atoms with E-state index < -0.39 is 0 Å². The minimum absolute atomic E-state index is 0.110. The zero-order chi connectivity index (χ0) is 20.1. The zero-order valence-corrected chi connectivity index (χ0v) is 16.0. The minimum Gasteiger partial charge on any atom is -0.497 e. The third-order valence-corrected chi connectivity index (χ3v) is 4.52. The van der Waals surface area contributed by atoms with Crippen LogP contribution in [0.1, 0.15) is 5.56 Å². The van der Waals surface area contributed by atoms with Crippen molar-refractivity contribution in [3.8, 4) is 11.5 Å². The summed E-state index contributed by atoms with van der Waals surface area (Å²) in [5, 5.41) is 2.88. The third-order valence-electron chi connectivity index (χ3n) is 4.52. The summed E-state index contributed by atoms with van der Waals surface area (Å²) in [5.74, 6) is 1.55. The standard InChI is InChI=1S/C23H21N3O3/c1-28-18-11-13-19(14-12-18)29-16-22(27)25-23-24-20-9-5-6-10-21(20)26(23)15-17-7-3-2-4-8-17/h2-14H,15-16H2,1H3,(H,24,25,27). The fourth-order valence-corrected chi connectivity index (χ4v) is 3.08. The Morgan fingerprint density at radius 3 is 2.38 bits per heavy atom. The van der Waals surface area contributed by atoms with E-state index in [2.05, 4.69) is 10.3 Å². The van der Waals surface area contributed by atoms with Crippen LogP contribution in [-0.4, -0.2) is 29.2 Å². The molecular formula is C23H21N3O3. The van der Waals surface area contributed by atoms with Crippen molar-refractivity contribution in [2.75, 3.05) is 19.0 Å². The summed E-state index contributed by atoms with van der Waals surface area (Å²) in [6, 6.07) is 25.0. The number of amides is 1. The van der Waals surface area contributed by atoms with Crippen LogP contribution in [0, 0.1) is 0 Å². The molecule has 1 N–H and O–H groups in total. The number of hydrogen-bond acceptors (Lipinski definition) is 4. The topological polar surface area (TPSA) is 65.4 Å². The Bertz CT molecular complexity index is 1110. The molecule has 0 saturated heterocycles. The van der Waals surface area contributed by atoms with Crippen LogP contribution in [0.2, 0.25) is 0 Å². The molecule has 0 bridgehead atoms. The number of fused-ring (bicyclic) bond motifs is 1. The van der Waals surface area contributed by atoms with Gasteiger partial charge in [0.05, 0.1) is 24.7 Å². The predicted octanol–water partition coefficient (Wildman–Crippen LogP) is 4.11. The first-order valence-electron chi connectivity index (χ1n) is 9.29. The Labute approximate surface area is 168 Å². The lowest BCUT2D eigenvalue weighted by Crippen LogP contribution is -2.22. The Hall–Kier alpha value is -3.80. The number of aromatic nitrogens is 2. The van der Waals surface area contributed by atoms with Crippen molar-refractivity contribution in [1.29, 1.82) is 0 Å². The van der Waals surface area contributed by atoms with E-state index >= 15 is 0 Å². The van der Waals surface area contributed by atoms with Crippen LogP contribution in [0.4, 0.5) is 5.95 Å². The van der Waals surface area contributed by atoms with E-state index in [0.717, 1.165) is 22.3 Å². The van der Waals surface area contributed by atoms with Crippen LogP contribution in [-0.2, 0) is 11.3 Å². The van der Waals surface area contributed by atoms with Crippen molar-refractivity contribution >= 4 is 22.9 Å². The molecule has 0 unspecified atom stereocenters. The van der Waals surface area contributed by atoms with E-state index in [1.54, 1.807) is 31.4 Å². The van der Waals surface area contributed by atoms with Crippen LogP contribution in [0.15, 0.2) is 78.9 Å². The monoisotopic (exact) mass is 387 g/mol. The maximum atomic E-state index is 12.5. The van der Waals surface area contributed by atoms with Crippen LogP contribution >= 0.6 is 0 Å². The second-order valence-corrected chi connectivity index (χ2v) is 6.51. The van der Waals surface area contributed by atoms with Crippen molar-refractivity contribution in [2.24, 2.45) is 0 Å². The highest BCUT2D eigenvalue weighted by Crippen LogP contribution is 2.21. The van der Waals surface area contributed by atoms with E-state index in [9.17, 15) is 4.79 Å². The normalized spacial score (nSPS) is 10.7. The number of ether oxygens (including phenoxy) is 2. The lowest BCUT2D eigenvalue weighted by atomic mass is 10.2. The van der Waals surface area contributed by atoms with Gasteiger partial charge in [0.15, 0.2) is 6.61 Å². The number of benzene rings is 3. The Morgan fingerprint density at radius 1 is 0.931 bits per heavy atom. The Balaban J connectivity index is 1.50. The van der Waals surface area contributed by atoms with Crippen molar-refractivity contribution in [3.63, 3.8) is 0 Å². The summed E-state index contributed by atoms with van der Waals surface area (Å²) in [4.78, 5) is 17.1. The predicted molar refractivity (Wildman–Crippen MR) is 112 cm³/mol. The fraction of sp³-hybridized carbons (Fsp3) is 0.130. The van der Waals surface area contributed by atoms with Gasteiger partial charge in [-0.15, -0.1) is 0 Å². The smallest absolute Gasteiger partial charge is 0.264 e. The number of imidazole rings is 1. The largest absolute Gasteiger partial charge is 0.497 e. The molecule has 1 aromatic heterocycles. The summed E-state index contributed by atoms with van der Waals surface area (Å²) < 4.78 is 12.7. The molecule has 6 heteroatoms. The molecule has 0 aliphatic rings. The lowest BCUT2D eigenvalue weighted by molar-refractivity contribution is -0.118. The molecule has 0 saturated carbocycles. The summed E-state index contributed by atoms with van der Waals surface area (Å²) in [5.41, 5.74) is 2.91. The maximum absolute atomic E-state index is 12.5. The second kappa shape index (κ2) is 8.48. The molecule has 0 spiro atoms.